The molecule has 3 aliphatic carbocycles. The second-order valence-electron chi connectivity index (χ2n) is 24.7. The molecule has 0 radical (unpaired) electrons. The SMILES string of the molecule is CC(=O)O[C@H]1C(=O)[C@@]2(C)[C@H]([C@H](OC(=O)c3ccccc3)[C@]3(O)C[C@H](OC(=O)[C@H](O)[C@@H](NC(=O)c4ccccc4)c4ccccc4)C(C)=C1C3(C)C)[C@]1(OC(C)=O)CO[C@@H]1C[C@@H]2O.CCOc1cc2ncc(C#N)c(Nc3ccc(F)c(Cl)c3)c2cc1NC(=O)/C=C/CN(C)C. The number of anilines is 3. The molecule has 10 rings (SSSR count). The molecule has 6 N–H and O–H groups in total. The second kappa shape index (κ2) is 28.7. The largest absolute Gasteiger partial charge is 0.492 e. The summed E-state index contributed by atoms with van der Waals surface area (Å²) in [6.07, 6.45) is -5.88. The van der Waals surface area contributed by atoms with Crippen molar-refractivity contribution in [2.24, 2.45) is 16.7 Å². The Kier molecular flexibility index (Phi) is 21.1. The number of halogens is 2. The minimum atomic E-state index is -2.39. The van der Waals surface area contributed by atoms with Crippen molar-refractivity contribution in [2.75, 3.05) is 44.5 Å². The average molecular weight is 1320 g/mol. The monoisotopic (exact) mass is 1320 g/mol. The van der Waals surface area contributed by atoms with Gasteiger partial charge in [0.05, 0.1) is 69.7 Å². The lowest BCUT2D eigenvalue weighted by Crippen LogP contribution is -2.82. The highest BCUT2D eigenvalue weighted by atomic mass is 35.5. The molecule has 1 aromatic heterocycles. The van der Waals surface area contributed by atoms with Gasteiger partial charge in [-0.2, -0.15) is 5.26 Å². The maximum Gasteiger partial charge on any atom is 0.338 e. The number of fused-ring (bicyclic) bond motifs is 6. The third kappa shape index (κ3) is 14.1. The minimum Gasteiger partial charge on any atom is -0.492 e. The van der Waals surface area contributed by atoms with Gasteiger partial charge in [0.25, 0.3) is 5.91 Å². The van der Waals surface area contributed by atoms with E-state index in [-0.39, 0.29) is 51.8 Å². The van der Waals surface area contributed by atoms with Crippen LogP contribution in [0.2, 0.25) is 5.02 Å². The van der Waals surface area contributed by atoms with E-state index in [4.69, 9.17) is 40.0 Å². The van der Waals surface area contributed by atoms with E-state index in [0.29, 0.717) is 52.4 Å². The number of amides is 2. The van der Waals surface area contributed by atoms with Crippen LogP contribution < -0.4 is 20.7 Å². The number of nitrogens with zero attached hydrogens (tertiary/aromatic N) is 3. The Hall–Kier alpha value is -9.41. The number of hydrogen-bond acceptors (Lipinski definition) is 20. The predicted octanol–water partition coefficient (Wildman–Crippen LogP) is 8.83. The number of rotatable bonds is 18. The van der Waals surface area contributed by atoms with E-state index in [1.54, 1.807) is 111 Å². The number of benzene rings is 5. The number of nitrogens with one attached hydrogen (secondary N) is 3. The fourth-order valence-corrected chi connectivity index (χ4v) is 13.4. The van der Waals surface area contributed by atoms with E-state index in [9.17, 15) is 53.7 Å². The van der Waals surface area contributed by atoms with Crippen LogP contribution >= 0.6 is 11.6 Å². The van der Waals surface area contributed by atoms with Crippen LogP contribution in [0.3, 0.4) is 0 Å². The van der Waals surface area contributed by atoms with E-state index in [1.807, 2.05) is 25.9 Å². The van der Waals surface area contributed by atoms with Crippen LogP contribution in [0.25, 0.3) is 10.9 Å². The van der Waals surface area contributed by atoms with Gasteiger partial charge < -0.3 is 64.6 Å². The Balaban J connectivity index is 0.000000270. The van der Waals surface area contributed by atoms with Gasteiger partial charge in [0.15, 0.2) is 23.6 Å². The van der Waals surface area contributed by atoms with E-state index in [2.05, 4.69) is 27.0 Å². The first-order chi connectivity index (χ1) is 45.1. The van der Waals surface area contributed by atoms with Crippen molar-refractivity contribution < 1.29 is 81.7 Å². The Morgan fingerprint density at radius 3 is 2.15 bits per heavy atom. The molecular formula is C71H74ClFN6O16. The molecule has 2 saturated carbocycles. The van der Waals surface area contributed by atoms with E-state index < -0.39 is 118 Å². The van der Waals surface area contributed by atoms with Gasteiger partial charge in [0, 0.05) is 73.6 Å². The fraction of sp³-hybridized carbons (Fsp3) is 0.366. The zero-order valence-corrected chi connectivity index (χ0v) is 54.4. The highest BCUT2D eigenvalue weighted by molar-refractivity contribution is 6.31. The molecule has 24 heteroatoms. The first kappa shape index (κ1) is 69.9. The number of aliphatic hydroxyl groups excluding tert-OH is 2. The number of pyridine rings is 1. The molecule has 0 unspecified atom stereocenters. The van der Waals surface area contributed by atoms with Crippen LogP contribution in [0.15, 0.2) is 151 Å². The molecule has 498 valence electrons. The van der Waals surface area contributed by atoms with E-state index in [1.165, 1.54) is 56.5 Å². The molecule has 5 aromatic carbocycles. The lowest BCUT2D eigenvalue weighted by molar-refractivity contribution is -0.346. The van der Waals surface area contributed by atoms with Gasteiger partial charge in [-0.1, -0.05) is 98.3 Å². The number of Topliss-reactive ketones (excluding diaryl/α,β-unsaturated/α-hetero) is 1. The zero-order chi connectivity index (χ0) is 68.9. The first-order valence-electron chi connectivity index (χ1n) is 30.6. The lowest BCUT2D eigenvalue weighted by Gasteiger charge is -2.67. The Labute approximate surface area is 552 Å². The summed E-state index contributed by atoms with van der Waals surface area (Å²) in [4.78, 5) is 102. The summed E-state index contributed by atoms with van der Waals surface area (Å²) in [5, 5.41) is 56.3. The highest BCUT2D eigenvalue weighted by Gasteiger charge is 2.78. The number of hydrogen-bond donors (Lipinski definition) is 6. The van der Waals surface area contributed by atoms with Crippen LogP contribution in [0.4, 0.5) is 21.5 Å². The number of aromatic nitrogens is 1. The normalized spacial score (nSPS) is 24.6. The molecule has 3 fully saturated rings. The number of ether oxygens (including phenoxy) is 6. The van der Waals surface area contributed by atoms with Crippen molar-refractivity contribution in [2.45, 2.75) is 115 Å². The van der Waals surface area contributed by atoms with Gasteiger partial charge in [0.2, 0.25) is 5.91 Å². The van der Waals surface area contributed by atoms with Gasteiger partial charge in [0.1, 0.15) is 41.5 Å². The van der Waals surface area contributed by atoms with Crippen LogP contribution in [-0.2, 0) is 47.7 Å². The van der Waals surface area contributed by atoms with Crippen molar-refractivity contribution in [1.29, 1.82) is 5.26 Å². The summed E-state index contributed by atoms with van der Waals surface area (Å²) >= 11 is 5.91. The van der Waals surface area contributed by atoms with E-state index >= 15 is 4.79 Å². The number of carbonyl (C=O) groups is 7. The topological polar surface area (TPSA) is 312 Å². The number of carbonyl (C=O) groups excluding carboxylic acids is 7. The standard InChI is InChI=1S/C47H51NO14.C24H23ClFN5O2/c1-25-31(60-43(56)36(52)35(28-16-10-7-11-17-28)48-41(54)29-18-12-8-13-19-29)23-47(57)40(61-42(55)30-20-14-9-15-21-30)38-45(6,32(51)22-33-46(38,24-58-33)62-27(3)50)39(53)37(59-26(2)49)34(25)44(47,4)5;1-4-33-22-12-20-17(11-21(22)30-23(32)6-5-9-31(2)3)24(15(13-27)14-28-20)29-16-7-8-19(26)18(25)10-16/h7-21,31-33,35-38,40,51-52,57H,22-24H2,1-6H3,(H,48,54);5-8,10-12,14H,4,9H2,1-3H3,(H,28,29)(H,30,32)/b;6-5+/t31-,32-,33+,35-,36+,37+,38-,40-,45+,46-,47+;/m0./s1. The summed E-state index contributed by atoms with van der Waals surface area (Å²) < 4.78 is 49.5. The number of likely N-dealkylation sites (N-methyl/N-ethyl adjacent to an activating group) is 1. The van der Waals surface area contributed by atoms with Gasteiger partial charge >= 0.3 is 23.9 Å². The molecule has 2 bridgehead atoms. The van der Waals surface area contributed by atoms with Crippen LogP contribution in [0, 0.1) is 33.9 Å². The molecule has 1 saturated heterocycles. The third-order valence-electron chi connectivity index (χ3n) is 18.1. The van der Waals surface area contributed by atoms with Crippen molar-refractivity contribution in [3.63, 3.8) is 0 Å². The summed E-state index contributed by atoms with van der Waals surface area (Å²) in [6.45, 7) is 10.8. The highest BCUT2D eigenvalue weighted by Crippen LogP contribution is 2.64. The second-order valence-corrected chi connectivity index (χ2v) is 25.1. The summed E-state index contributed by atoms with van der Waals surface area (Å²) in [5.41, 5.74) is -4.82. The Bertz CT molecular complexity index is 4040. The van der Waals surface area contributed by atoms with Gasteiger partial charge in [-0.3, -0.25) is 29.0 Å². The molecule has 6 aromatic rings. The van der Waals surface area contributed by atoms with Crippen LogP contribution in [0.1, 0.15) is 99.2 Å². The molecule has 0 spiro atoms. The molecule has 1 aliphatic heterocycles. The number of esters is 4. The third-order valence-corrected chi connectivity index (χ3v) is 18.3. The maximum atomic E-state index is 15.5. The van der Waals surface area contributed by atoms with Crippen molar-refractivity contribution >= 4 is 81.0 Å². The van der Waals surface area contributed by atoms with Crippen molar-refractivity contribution in [1.82, 2.24) is 15.2 Å². The smallest absolute Gasteiger partial charge is 0.338 e. The predicted molar refractivity (Wildman–Crippen MR) is 346 cm³/mol. The minimum absolute atomic E-state index is 0.00289. The van der Waals surface area contributed by atoms with Crippen molar-refractivity contribution in [3.05, 3.63) is 184 Å². The molecule has 22 nitrogen and oxygen atoms in total. The number of ketones is 1. The summed E-state index contributed by atoms with van der Waals surface area (Å²) in [7, 11) is 3.81. The lowest BCUT2D eigenvalue weighted by atomic mass is 9.44. The molecule has 4 aliphatic rings. The van der Waals surface area contributed by atoms with Gasteiger partial charge in [-0.05, 0) is 100 Å². The molecule has 11 atom stereocenters. The van der Waals surface area contributed by atoms with Crippen LogP contribution in [0.5, 0.6) is 5.75 Å². The Morgan fingerprint density at radius 1 is 0.905 bits per heavy atom. The number of nitriles is 1. The fourth-order valence-electron chi connectivity index (χ4n) is 13.3. The summed E-state index contributed by atoms with van der Waals surface area (Å²) in [5.74, 6) is -7.25. The first-order valence-corrected chi connectivity index (χ1v) is 31.0. The molecule has 2 amide bonds. The Morgan fingerprint density at radius 2 is 1.56 bits per heavy atom. The van der Waals surface area contributed by atoms with Gasteiger partial charge in [-0.25, -0.2) is 14.0 Å². The average Bonchev–Trinajstić information content (AvgIpc) is 0.670. The molecule has 95 heavy (non-hydrogen) atoms. The zero-order valence-electron chi connectivity index (χ0n) is 53.7. The molecular weight excluding hydrogens is 1250 g/mol. The number of aliphatic hydroxyl groups is 3. The van der Waals surface area contributed by atoms with E-state index in [0.717, 1.165) is 13.8 Å². The van der Waals surface area contributed by atoms with Crippen molar-refractivity contribution in [3.8, 4) is 11.8 Å². The quantitative estimate of drug-likeness (QED) is 0.0202. The maximum absolute atomic E-state index is 15.5. The van der Waals surface area contributed by atoms with Crippen LogP contribution in [-0.4, -0.2) is 148 Å². The summed E-state index contributed by atoms with van der Waals surface area (Å²) in [6, 6.07) is 32.6. The molecule has 2 heterocycles. The van der Waals surface area contributed by atoms with Gasteiger partial charge in [-0.15, -0.1) is 0 Å².